The lowest BCUT2D eigenvalue weighted by Crippen LogP contribution is -2.37. The van der Waals surface area contributed by atoms with Crippen LogP contribution in [0.15, 0.2) is 136 Å². The Hall–Kier alpha value is -9.67. The molecule has 6 aromatic carbocycles. The van der Waals surface area contributed by atoms with Gasteiger partial charge in [0.2, 0.25) is 20.0 Å². The summed E-state index contributed by atoms with van der Waals surface area (Å²) in [6, 6.07) is 29.7. The zero-order chi connectivity index (χ0) is 72.2. The van der Waals surface area contributed by atoms with Crippen LogP contribution in [0.25, 0.3) is 106 Å². The number of hydrogen-bond donors (Lipinski definition) is 1. The second-order valence-electron chi connectivity index (χ2n) is 23.1. The minimum Gasteiger partial charge on any atom is -0.455 e. The van der Waals surface area contributed by atoms with E-state index >= 15 is 4.39 Å². The molecule has 100 heavy (non-hydrogen) atoms. The molecule has 0 fully saturated rings. The number of anilines is 3. The zero-order valence-electron chi connectivity index (χ0n) is 54.8. The Labute approximate surface area is 579 Å². The number of ether oxygens (including phenoxy) is 3. The third kappa shape index (κ3) is 13.4. The standard InChI is InChI=1S/C34H24ClF3N4O4S.C33H26F3N3O4S.C5H11ClO3/c1-4-29(43)32-21-13-20(27(41(2)47(3,44)45)15-30(21)46-34(32)18-9-8-17(36)12-23(18)38)24-10-11-25-33(40-24)28-14-19-22(37)6-5-7-26(19)42(28)31(16-35)39-25;1-4-29(40)31-23-15-22(27-11-10-26(37)32(38-27)18-12-17-6-5-7-24(35)21(17)13-18)28(39(2)44(3,41)42)16-30(23)43-33(31)20-9-8-19(34)14-25(20)36;1-7-5(4-6,8-2)9-3/h5-15H,4,16H2,1-3H3;5-11,13-16H,4,12,37H2,1-3H3;4H2,1-3H3. The van der Waals surface area contributed by atoms with Crippen molar-refractivity contribution in [3.63, 3.8) is 0 Å². The van der Waals surface area contributed by atoms with Crippen molar-refractivity contribution in [2.75, 3.05) is 68.2 Å². The normalized spacial score (nSPS) is 12.4. The van der Waals surface area contributed by atoms with Crippen LogP contribution in [0.3, 0.4) is 0 Å². The highest BCUT2D eigenvalue weighted by atomic mass is 35.5. The monoisotopic (exact) mass is 1450 g/mol. The van der Waals surface area contributed by atoms with Crippen molar-refractivity contribution < 1.29 is 75.8 Å². The molecule has 1 aliphatic rings. The van der Waals surface area contributed by atoms with Gasteiger partial charge in [-0.05, 0) is 102 Å². The molecule has 0 saturated heterocycles. The molecule has 1 aliphatic carbocycles. The van der Waals surface area contributed by atoms with E-state index in [-0.39, 0.29) is 104 Å². The molecule has 0 atom stereocenters. The summed E-state index contributed by atoms with van der Waals surface area (Å²) in [7, 11) is -0.508. The molecule has 28 heteroatoms. The maximum atomic E-state index is 15.0. The zero-order valence-corrected chi connectivity index (χ0v) is 58.0. The van der Waals surface area contributed by atoms with Crippen LogP contribution in [0.1, 0.15) is 70.1 Å². The summed E-state index contributed by atoms with van der Waals surface area (Å²) in [6.07, 6.45) is 4.25. The number of benzene rings is 6. The number of halogens is 8. The Balaban J connectivity index is 0.000000180. The average Bonchev–Trinajstić information content (AvgIpc) is 1.54. The van der Waals surface area contributed by atoms with Gasteiger partial charge in [0.25, 0.3) is 5.97 Å². The first-order valence-electron chi connectivity index (χ1n) is 30.5. The van der Waals surface area contributed by atoms with Crippen LogP contribution >= 0.6 is 23.2 Å². The lowest BCUT2D eigenvalue weighted by molar-refractivity contribution is -0.337. The number of nitrogens with two attached hydrogens (primary N) is 1. The van der Waals surface area contributed by atoms with Crippen LogP contribution in [0.2, 0.25) is 0 Å². The number of Topliss-reactive ketones (excluding diaryl/α,β-unsaturated/α-hetero) is 2. The van der Waals surface area contributed by atoms with Gasteiger partial charge in [-0.1, -0.05) is 32.0 Å². The number of furan rings is 2. The fraction of sp³-hybridized carbons (Fsp3) is 0.208. The lowest BCUT2D eigenvalue weighted by Gasteiger charge is -2.25. The van der Waals surface area contributed by atoms with Crippen LogP contribution < -0.4 is 14.3 Å². The molecule has 13 rings (SSSR count). The van der Waals surface area contributed by atoms with Crippen LogP contribution in [0.4, 0.5) is 43.4 Å². The van der Waals surface area contributed by atoms with Gasteiger partial charge in [-0.15, -0.1) is 23.2 Å². The molecule has 0 spiro atoms. The molecule has 0 radical (unpaired) electrons. The number of sulfonamides is 2. The number of rotatable bonds is 18. The maximum Gasteiger partial charge on any atom is 0.296 e. The van der Waals surface area contributed by atoms with Crippen LogP contribution in [0.5, 0.6) is 0 Å². The first kappa shape index (κ1) is 71.6. The van der Waals surface area contributed by atoms with Crippen molar-refractivity contribution in [3.8, 4) is 45.2 Å². The van der Waals surface area contributed by atoms with E-state index in [0.29, 0.717) is 102 Å². The van der Waals surface area contributed by atoms with Gasteiger partial charge in [-0.3, -0.25) is 22.6 Å². The number of alkyl halides is 2. The van der Waals surface area contributed by atoms with Gasteiger partial charge in [0.1, 0.15) is 74.8 Å². The summed E-state index contributed by atoms with van der Waals surface area (Å²) in [5.41, 5.74) is 12.7. The van der Waals surface area contributed by atoms with Crippen molar-refractivity contribution in [3.05, 3.63) is 196 Å². The fourth-order valence-corrected chi connectivity index (χ4v) is 13.3. The summed E-state index contributed by atoms with van der Waals surface area (Å²) in [5, 5.41) is 0.932. The van der Waals surface area contributed by atoms with E-state index in [1.807, 2.05) is 6.07 Å². The molecule has 0 amide bonds. The number of nitrogens with zero attached hydrogens (tertiary/aromatic N) is 6. The highest BCUT2D eigenvalue weighted by Crippen LogP contribution is 2.46. The van der Waals surface area contributed by atoms with Crippen molar-refractivity contribution in [2.45, 2.75) is 45.0 Å². The molecular weight excluding hydrogens is 1390 g/mol. The summed E-state index contributed by atoms with van der Waals surface area (Å²) >= 11 is 11.7. The molecule has 0 unspecified atom stereocenters. The molecule has 2 N–H and O–H groups in total. The number of nitrogen functional groups attached to an aromatic ring is 1. The predicted molar refractivity (Wildman–Crippen MR) is 375 cm³/mol. The molecule has 0 saturated carbocycles. The molecule has 518 valence electrons. The van der Waals surface area contributed by atoms with E-state index in [1.54, 1.807) is 85.0 Å². The molecule has 0 aliphatic heterocycles. The van der Waals surface area contributed by atoms with E-state index in [0.717, 1.165) is 38.8 Å². The third-order valence-electron chi connectivity index (χ3n) is 17.1. The van der Waals surface area contributed by atoms with E-state index in [2.05, 4.69) is 4.98 Å². The number of fused-ring (bicyclic) bond motifs is 8. The van der Waals surface area contributed by atoms with Gasteiger partial charge in [0, 0.05) is 112 Å². The lowest BCUT2D eigenvalue weighted by atomic mass is 9.97. The fourth-order valence-electron chi connectivity index (χ4n) is 11.8. The van der Waals surface area contributed by atoms with E-state index in [1.165, 1.54) is 71.8 Å². The highest BCUT2D eigenvalue weighted by molar-refractivity contribution is 7.92. The molecule has 6 heterocycles. The Morgan fingerprint density at radius 1 is 0.600 bits per heavy atom. The first-order chi connectivity index (χ1) is 47.5. The minimum atomic E-state index is -3.83. The molecule has 0 bridgehead atoms. The Bertz CT molecular complexity index is 5570. The van der Waals surface area contributed by atoms with Crippen LogP contribution in [0, 0.1) is 34.9 Å². The number of pyridine rings is 2. The van der Waals surface area contributed by atoms with E-state index < -0.39 is 55.1 Å². The van der Waals surface area contributed by atoms with Crippen LogP contribution in [-0.4, -0.2) is 108 Å². The van der Waals surface area contributed by atoms with Gasteiger partial charge in [-0.2, -0.15) is 0 Å². The maximum absolute atomic E-state index is 15.0. The third-order valence-corrected chi connectivity index (χ3v) is 20.0. The Morgan fingerprint density at radius 2 is 1.11 bits per heavy atom. The number of allylic oxidation sites excluding steroid dienone is 1. The number of hydrogen-bond acceptors (Lipinski definition) is 15. The predicted octanol–water partition coefficient (Wildman–Crippen LogP) is 16.3. The Kier molecular flexibility index (Phi) is 20.2. The van der Waals surface area contributed by atoms with Gasteiger partial charge < -0.3 is 28.8 Å². The quantitative estimate of drug-likeness (QED) is 0.0364. The first-order valence-corrected chi connectivity index (χ1v) is 35.3. The van der Waals surface area contributed by atoms with E-state index in [9.17, 15) is 48.4 Å². The van der Waals surface area contributed by atoms with Crippen LogP contribution in [-0.2, 0) is 46.6 Å². The summed E-state index contributed by atoms with van der Waals surface area (Å²) in [4.78, 5) is 41.0. The summed E-state index contributed by atoms with van der Waals surface area (Å²) in [5.74, 6) is -5.58. The average molecular weight is 1450 g/mol. The number of carbonyl (C=O) groups is 2. The van der Waals surface area contributed by atoms with Gasteiger partial charge in [-0.25, -0.2) is 58.1 Å². The van der Waals surface area contributed by atoms with Crippen molar-refractivity contribution in [1.29, 1.82) is 0 Å². The number of aromatic nitrogens is 4. The van der Waals surface area contributed by atoms with Gasteiger partial charge >= 0.3 is 0 Å². The number of ketones is 2. The van der Waals surface area contributed by atoms with Crippen molar-refractivity contribution in [1.82, 2.24) is 19.4 Å². The molecule has 6 aromatic heterocycles. The highest BCUT2D eigenvalue weighted by Gasteiger charge is 2.32. The Morgan fingerprint density at radius 3 is 1.58 bits per heavy atom. The minimum absolute atomic E-state index is 0.0418. The van der Waals surface area contributed by atoms with Crippen molar-refractivity contribution >= 4 is 133 Å². The molecular formula is C72H61Cl2F6N7O11S2. The smallest absolute Gasteiger partial charge is 0.296 e. The second-order valence-corrected chi connectivity index (χ2v) is 27.7. The number of methoxy groups -OCH3 is 3. The largest absolute Gasteiger partial charge is 0.455 e. The number of carbonyl (C=O) groups excluding carboxylic acids is 2. The van der Waals surface area contributed by atoms with Crippen molar-refractivity contribution in [2.24, 2.45) is 0 Å². The van der Waals surface area contributed by atoms with Gasteiger partial charge in [0.15, 0.2) is 11.6 Å². The SMILES string of the molecule is CCC(=O)c1c(-c2ccc(F)cc2F)oc2cc(N(C)S(C)(=O)=O)c(-c3ccc(N)c(C4=Cc5c(F)cccc5C4)n3)cc12.CCC(=O)c1c(-c2ccc(F)cc2F)oc2cc(N(C)S(C)(=O)=O)c(-c3ccc4nc(CCl)n5c6cccc(F)c6cc5c4n3)cc12.COC(CCl)(OC)OC. The van der Waals surface area contributed by atoms with E-state index in [4.69, 9.17) is 61.9 Å². The second kappa shape index (κ2) is 28.2. The molecule has 18 nitrogen and oxygen atoms in total. The molecule has 12 aromatic rings. The summed E-state index contributed by atoms with van der Waals surface area (Å²) < 4.78 is 168. The summed E-state index contributed by atoms with van der Waals surface area (Å²) in [6.45, 7) is 3.28. The topological polar surface area (TPSA) is 232 Å². The van der Waals surface area contributed by atoms with Gasteiger partial charge in [0.05, 0.1) is 91.3 Å².